The Kier molecular flexibility index (Phi) is 6.80. The van der Waals surface area contributed by atoms with Crippen molar-refractivity contribution in [2.45, 2.75) is 26.1 Å². The molecule has 2 aromatic heterocycles. The Hall–Kier alpha value is -4.15. The van der Waals surface area contributed by atoms with Crippen molar-refractivity contribution in [1.29, 1.82) is 0 Å². The number of anilines is 2. The van der Waals surface area contributed by atoms with Crippen molar-refractivity contribution in [3.63, 3.8) is 0 Å². The predicted molar refractivity (Wildman–Crippen MR) is 143 cm³/mol. The zero-order valence-electron chi connectivity index (χ0n) is 21.5. The third-order valence-electron chi connectivity index (χ3n) is 6.91. The number of carbonyl (C=O) groups excluding carboxylic acids is 1. The van der Waals surface area contributed by atoms with Gasteiger partial charge in [-0.05, 0) is 68.1 Å². The number of rotatable bonds is 8. The van der Waals surface area contributed by atoms with Gasteiger partial charge >= 0.3 is 0 Å². The molecule has 6 rings (SSSR count). The Morgan fingerprint density at radius 2 is 1.79 bits per heavy atom. The van der Waals surface area contributed by atoms with Gasteiger partial charge in [0.15, 0.2) is 5.82 Å². The van der Waals surface area contributed by atoms with Gasteiger partial charge in [0.2, 0.25) is 18.1 Å². The van der Waals surface area contributed by atoms with Crippen LogP contribution in [0.25, 0.3) is 22.6 Å². The summed E-state index contributed by atoms with van der Waals surface area (Å²) in [5.41, 5.74) is 2.53. The molecule has 39 heavy (non-hydrogen) atoms. The van der Waals surface area contributed by atoms with Gasteiger partial charge in [0, 0.05) is 24.0 Å². The summed E-state index contributed by atoms with van der Waals surface area (Å²) < 4.78 is 25.7. The standard InChI is InChI=1S/C29H29FN6O3/c1-29(27(37)32-15-18-7-8-18)16-38-26(39-17-29)25-35-23(19-9-11-20(30)12-10-19)24(36-25)22-13-14-31-28(34-22)33-21-5-3-2-4-6-21/h2-6,9-14,18,26H,7-8,15-17H2,1H3,(H,32,37)(H,35,36)(H,31,33,34). The van der Waals surface area contributed by atoms with Crippen molar-refractivity contribution in [3.05, 3.63) is 78.5 Å². The molecule has 1 saturated carbocycles. The number of aromatic nitrogens is 4. The van der Waals surface area contributed by atoms with Crippen molar-refractivity contribution < 1.29 is 18.7 Å². The molecule has 200 valence electrons. The average molecular weight is 529 g/mol. The maximum absolute atomic E-state index is 13.7. The highest BCUT2D eigenvalue weighted by Crippen LogP contribution is 2.36. The van der Waals surface area contributed by atoms with Crippen molar-refractivity contribution in [2.24, 2.45) is 11.3 Å². The first-order valence-corrected chi connectivity index (χ1v) is 13.0. The zero-order chi connectivity index (χ0) is 26.8. The number of imidazole rings is 1. The Morgan fingerprint density at radius 3 is 2.51 bits per heavy atom. The minimum absolute atomic E-state index is 0.0700. The van der Waals surface area contributed by atoms with E-state index in [4.69, 9.17) is 14.5 Å². The first-order chi connectivity index (χ1) is 19.0. The van der Waals surface area contributed by atoms with Gasteiger partial charge in [0.1, 0.15) is 5.82 Å². The van der Waals surface area contributed by atoms with Crippen LogP contribution in [0.15, 0.2) is 66.9 Å². The summed E-state index contributed by atoms with van der Waals surface area (Å²) in [5.74, 6) is 1.02. The van der Waals surface area contributed by atoms with Crippen LogP contribution in [0, 0.1) is 17.2 Å². The van der Waals surface area contributed by atoms with Gasteiger partial charge in [0.25, 0.3) is 0 Å². The number of nitrogens with one attached hydrogen (secondary N) is 3. The molecule has 1 aliphatic carbocycles. The van der Waals surface area contributed by atoms with Gasteiger partial charge in [-0.3, -0.25) is 4.79 Å². The molecule has 1 saturated heterocycles. The minimum Gasteiger partial charge on any atom is -0.355 e. The van der Waals surface area contributed by atoms with Crippen LogP contribution in [-0.2, 0) is 14.3 Å². The number of para-hydroxylation sites is 1. The fraction of sp³-hybridized carbons (Fsp3) is 0.310. The number of benzene rings is 2. The number of nitrogens with zero attached hydrogens (tertiary/aromatic N) is 3. The summed E-state index contributed by atoms with van der Waals surface area (Å²) in [5, 5.41) is 6.22. The number of amides is 1. The third-order valence-corrected chi connectivity index (χ3v) is 6.91. The SMILES string of the molecule is CC1(C(=O)NCC2CC2)COC(c2nc(-c3ccc(F)cc3)c(-c3ccnc(Nc4ccccc4)n3)[nH]2)OC1. The maximum atomic E-state index is 13.7. The topological polar surface area (TPSA) is 114 Å². The second-order valence-corrected chi connectivity index (χ2v) is 10.3. The highest BCUT2D eigenvalue weighted by atomic mass is 19.1. The molecule has 1 amide bonds. The molecule has 4 aromatic rings. The lowest BCUT2D eigenvalue weighted by atomic mass is 9.91. The normalized spacial score (nSPS) is 20.9. The molecular formula is C29H29FN6O3. The van der Waals surface area contributed by atoms with Crippen LogP contribution < -0.4 is 10.6 Å². The van der Waals surface area contributed by atoms with Crippen LogP contribution in [0.5, 0.6) is 0 Å². The second-order valence-electron chi connectivity index (χ2n) is 10.3. The fourth-order valence-electron chi connectivity index (χ4n) is 4.38. The number of H-pyrrole nitrogens is 1. The van der Waals surface area contributed by atoms with Gasteiger partial charge in [0.05, 0.1) is 35.7 Å². The molecule has 0 spiro atoms. The van der Waals surface area contributed by atoms with Crippen molar-refractivity contribution in [1.82, 2.24) is 25.3 Å². The second kappa shape index (κ2) is 10.5. The third kappa shape index (κ3) is 5.67. The van der Waals surface area contributed by atoms with E-state index in [1.165, 1.54) is 25.0 Å². The van der Waals surface area contributed by atoms with E-state index >= 15 is 0 Å². The van der Waals surface area contributed by atoms with E-state index in [2.05, 4.69) is 25.6 Å². The lowest BCUT2D eigenvalue weighted by Crippen LogP contribution is -2.49. The van der Waals surface area contributed by atoms with Crippen LogP contribution >= 0.6 is 0 Å². The molecule has 2 fully saturated rings. The molecule has 0 bridgehead atoms. The van der Waals surface area contributed by atoms with E-state index in [9.17, 15) is 9.18 Å². The first kappa shape index (κ1) is 25.1. The van der Waals surface area contributed by atoms with E-state index in [0.717, 1.165) is 5.69 Å². The summed E-state index contributed by atoms with van der Waals surface area (Å²) in [4.78, 5) is 29.9. The molecule has 1 aliphatic heterocycles. The Bertz CT molecular complexity index is 1450. The lowest BCUT2D eigenvalue weighted by molar-refractivity contribution is -0.231. The summed E-state index contributed by atoms with van der Waals surface area (Å²) >= 11 is 0. The molecule has 3 N–H and O–H groups in total. The number of hydrogen-bond acceptors (Lipinski definition) is 7. The predicted octanol–water partition coefficient (Wildman–Crippen LogP) is 4.99. The molecule has 2 aromatic carbocycles. The molecule has 0 atom stereocenters. The van der Waals surface area contributed by atoms with Crippen LogP contribution in [-0.4, -0.2) is 45.6 Å². The number of carbonyl (C=O) groups is 1. The van der Waals surface area contributed by atoms with Crippen LogP contribution in [0.1, 0.15) is 31.9 Å². The Labute approximate surface area is 225 Å². The number of halogens is 1. The number of ether oxygens (including phenoxy) is 2. The summed E-state index contributed by atoms with van der Waals surface area (Å²) in [6.07, 6.45) is 3.19. The van der Waals surface area contributed by atoms with Gasteiger partial charge < -0.3 is 25.1 Å². The van der Waals surface area contributed by atoms with Crippen LogP contribution in [0.2, 0.25) is 0 Å². The Morgan fingerprint density at radius 1 is 1.05 bits per heavy atom. The Balaban J connectivity index is 1.26. The van der Waals surface area contributed by atoms with Gasteiger partial charge in [-0.1, -0.05) is 18.2 Å². The largest absolute Gasteiger partial charge is 0.355 e. The average Bonchev–Trinajstić information content (AvgIpc) is 3.69. The van der Waals surface area contributed by atoms with E-state index in [0.29, 0.717) is 46.9 Å². The van der Waals surface area contributed by atoms with Crippen LogP contribution in [0.4, 0.5) is 16.0 Å². The molecule has 10 heteroatoms. The molecule has 2 aliphatic rings. The molecular weight excluding hydrogens is 499 g/mol. The highest BCUT2D eigenvalue weighted by Gasteiger charge is 2.41. The smallest absolute Gasteiger partial charge is 0.230 e. The van der Waals surface area contributed by atoms with Crippen molar-refractivity contribution in [2.75, 3.05) is 25.1 Å². The summed E-state index contributed by atoms with van der Waals surface area (Å²) in [6.45, 7) is 2.91. The minimum atomic E-state index is -0.800. The number of aromatic amines is 1. The van der Waals surface area contributed by atoms with E-state index in [1.54, 1.807) is 24.4 Å². The summed E-state index contributed by atoms with van der Waals surface area (Å²) in [6, 6.07) is 17.5. The number of hydrogen-bond donors (Lipinski definition) is 3. The lowest BCUT2D eigenvalue weighted by Gasteiger charge is -2.35. The molecule has 9 nitrogen and oxygen atoms in total. The fourth-order valence-corrected chi connectivity index (χ4v) is 4.38. The van der Waals surface area contributed by atoms with E-state index in [1.807, 2.05) is 37.3 Å². The monoisotopic (exact) mass is 528 g/mol. The quantitative estimate of drug-likeness (QED) is 0.295. The molecule has 0 radical (unpaired) electrons. The van der Waals surface area contributed by atoms with Crippen molar-refractivity contribution >= 4 is 17.5 Å². The first-order valence-electron chi connectivity index (χ1n) is 13.0. The van der Waals surface area contributed by atoms with Crippen molar-refractivity contribution in [3.8, 4) is 22.6 Å². The zero-order valence-corrected chi connectivity index (χ0v) is 21.5. The van der Waals surface area contributed by atoms with E-state index in [-0.39, 0.29) is 24.9 Å². The van der Waals surface area contributed by atoms with Gasteiger partial charge in [-0.2, -0.15) is 0 Å². The van der Waals surface area contributed by atoms with Gasteiger partial charge in [-0.15, -0.1) is 0 Å². The maximum Gasteiger partial charge on any atom is 0.230 e. The molecule has 0 unspecified atom stereocenters. The summed E-state index contributed by atoms with van der Waals surface area (Å²) in [7, 11) is 0. The molecule has 3 heterocycles. The highest BCUT2D eigenvalue weighted by molar-refractivity contribution is 5.82. The van der Waals surface area contributed by atoms with E-state index < -0.39 is 11.7 Å². The van der Waals surface area contributed by atoms with Crippen LogP contribution in [0.3, 0.4) is 0 Å². The van der Waals surface area contributed by atoms with Gasteiger partial charge in [-0.25, -0.2) is 19.3 Å².